The SMILES string of the molecule is CNC(c1occc1Br)C1(C)CCCS1. The number of hydrogen-bond acceptors (Lipinski definition) is 3. The molecule has 84 valence electrons. The third-order valence-corrected chi connectivity index (χ3v) is 5.30. The zero-order valence-corrected chi connectivity index (χ0v) is 11.5. The number of halogens is 1. The second-order valence-electron chi connectivity index (χ2n) is 4.12. The van der Waals surface area contributed by atoms with E-state index < -0.39 is 0 Å². The van der Waals surface area contributed by atoms with Gasteiger partial charge in [0.1, 0.15) is 5.76 Å². The van der Waals surface area contributed by atoms with Crippen LogP contribution in [0.3, 0.4) is 0 Å². The minimum absolute atomic E-state index is 0.259. The molecule has 4 heteroatoms. The molecule has 0 saturated carbocycles. The molecule has 2 atom stereocenters. The molecule has 0 aromatic carbocycles. The van der Waals surface area contributed by atoms with Crippen LogP contribution in [-0.2, 0) is 0 Å². The van der Waals surface area contributed by atoms with Crippen LogP contribution in [0.1, 0.15) is 31.6 Å². The van der Waals surface area contributed by atoms with E-state index in [1.54, 1.807) is 6.26 Å². The van der Waals surface area contributed by atoms with Gasteiger partial charge in [0.2, 0.25) is 0 Å². The summed E-state index contributed by atoms with van der Waals surface area (Å²) in [6.07, 6.45) is 4.29. The highest BCUT2D eigenvalue weighted by atomic mass is 79.9. The summed E-state index contributed by atoms with van der Waals surface area (Å²) in [5.41, 5.74) is 0. The lowest BCUT2D eigenvalue weighted by atomic mass is 9.94. The second kappa shape index (κ2) is 4.52. The van der Waals surface area contributed by atoms with Crippen LogP contribution in [0.2, 0.25) is 0 Å². The molecule has 1 aliphatic heterocycles. The van der Waals surface area contributed by atoms with E-state index in [2.05, 4.69) is 28.2 Å². The lowest BCUT2D eigenvalue weighted by Crippen LogP contribution is -2.35. The molecule has 0 spiro atoms. The van der Waals surface area contributed by atoms with Crippen molar-refractivity contribution in [2.45, 2.75) is 30.6 Å². The van der Waals surface area contributed by atoms with E-state index >= 15 is 0 Å². The molecule has 0 amide bonds. The first-order valence-corrected chi connectivity index (χ1v) is 6.99. The summed E-state index contributed by atoms with van der Waals surface area (Å²) in [5, 5.41) is 3.38. The first-order valence-electron chi connectivity index (χ1n) is 5.21. The fraction of sp³-hybridized carbons (Fsp3) is 0.636. The molecule has 0 radical (unpaired) electrons. The van der Waals surface area contributed by atoms with Crippen molar-refractivity contribution in [3.8, 4) is 0 Å². The van der Waals surface area contributed by atoms with E-state index in [9.17, 15) is 0 Å². The maximum Gasteiger partial charge on any atom is 0.136 e. The summed E-state index contributed by atoms with van der Waals surface area (Å²) in [6, 6.07) is 2.25. The van der Waals surface area contributed by atoms with Crippen molar-refractivity contribution in [3.63, 3.8) is 0 Å². The van der Waals surface area contributed by atoms with E-state index in [0.717, 1.165) is 10.2 Å². The van der Waals surface area contributed by atoms with Crippen molar-refractivity contribution >= 4 is 27.7 Å². The predicted octanol–water partition coefficient (Wildman–Crippen LogP) is 3.59. The van der Waals surface area contributed by atoms with E-state index in [1.165, 1.54) is 18.6 Å². The normalized spacial score (nSPS) is 28.2. The largest absolute Gasteiger partial charge is 0.466 e. The minimum Gasteiger partial charge on any atom is -0.466 e. The zero-order chi connectivity index (χ0) is 10.9. The molecular weight excluding hydrogens is 274 g/mol. The van der Waals surface area contributed by atoms with Gasteiger partial charge in [-0.2, -0.15) is 11.8 Å². The Labute approximate surface area is 103 Å². The number of hydrogen-bond donors (Lipinski definition) is 1. The Hall–Kier alpha value is 0.0700. The third kappa shape index (κ3) is 2.12. The van der Waals surface area contributed by atoms with Crippen molar-refractivity contribution in [2.75, 3.05) is 12.8 Å². The van der Waals surface area contributed by atoms with Gasteiger partial charge in [0.05, 0.1) is 16.8 Å². The quantitative estimate of drug-likeness (QED) is 0.921. The van der Waals surface area contributed by atoms with Crippen LogP contribution >= 0.6 is 27.7 Å². The highest BCUT2D eigenvalue weighted by Crippen LogP contribution is 2.47. The first-order chi connectivity index (χ1) is 7.17. The summed E-state index contributed by atoms with van der Waals surface area (Å²) in [6.45, 7) is 2.32. The standard InChI is InChI=1S/C11H16BrNOS/c1-11(5-3-7-15-11)10(13-2)9-8(12)4-6-14-9/h4,6,10,13H,3,5,7H2,1-2H3. The summed E-state index contributed by atoms with van der Waals surface area (Å²) >= 11 is 5.58. The highest BCUT2D eigenvalue weighted by Gasteiger charge is 2.40. The van der Waals surface area contributed by atoms with E-state index in [0.29, 0.717) is 0 Å². The molecule has 1 aliphatic rings. The second-order valence-corrected chi connectivity index (χ2v) is 6.60. The summed E-state index contributed by atoms with van der Waals surface area (Å²) < 4.78 is 6.90. The van der Waals surface area contributed by atoms with Crippen LogP contribution in [0.5, 0.6) is 0 Å². The van der Waals surface area contributed by atoms with Gasteiger partial charge in [-0.25, -0.2) is 0 Å². The maximum atomic E-state index is 5.57. The van der Waals surface area contributed by atoms with Crippen LogP contribution in [0.4, 0.5) is 0 Å². The fourth-order valence-electron chi connectivity index (χ4n) is 2.25. The Bertz CT molecular complexity index is 333. The van der Waals surface area contributed by atoms with Gasteiger partial charge >= 0.3 is 0 Å². The van der Waals surface area contributed by atoms with Crippen LogP contribution in [-0.4, -0.2) is 17.5 Å². The molecule has 2 unspecified atom stereocenters. The van der Waals surface area contributed by atoms with Crippen LogP contribution in [0.15, 0.2) is 21.2 Å². The average molecular weight is 290 g/mol. The predicted molar refractivity (Wildman–Crippen MR) is 68.3 cm³/mol. The summed E-state index contributed by atoms with van der Waals surface area (Å²) in [5.74, 6) is 2.28. The molecule has 1 saturated heterocycles. The van der Waals surface area contributed by atoms with Crippen LogP contribution < -0.4 is 5.32 Å². The smallest absolute Gasteiger partial charge is 0.136 e. The van der Waals surface area contributed by atoms with Crippen LogP contribution in [0.25, 0.3) is 0 Å². The van der Waals surface area contributed by atoms with E-state index in [1.807, 2.05) is 24.9 Å². The third-order valence-electron chi connectivity index (χ3n) is 3.06. The monoisotopic (exact) mass is 289 g/mol. The molecule has 2 rings (SSSR count). The maximum absolute atomic E-state index is 5.57. The Balaban J connectivity index is 2.27. The molecule has 1 fully saturated rings. The topological polar surface area (TPSA) is 25.2 Å². The van der Waals surface area contributed by atoms with Crippen molar-refractivity contribution in [3.05, 3.63) is 22.6 Å². The Morgan fingerprint density at radius 3 is 2.93 bits per heavy atom. The minimum atomic E-state index is 0.259. The number of rotatable bonds is 3. The lowest BCUT2D eigenvalue weighted by Gasteiger charge is -2.31. The molecule has 1 N–H and O–H groups in total. The van der Waals surface area contributed by atoms with Crippen LogP contribution in [0, 0.1) is 0 Å². The lowest BCUT2D eigenvalue weighted by molar-refractivity contribution is 0.361. The highest BCUT2D eigenvalue weighted by molar-refractivity contribution is 9.10. The Morgan fingerprint density at radius 1 is 1.67 bits per heavy atom. The van der Waals surface area contributed by atoms with Gasteiger partial charge < -0.3 is 9.73 Å². The number of nitrogens with one attached hydrogen (secondary N) is 1. The van der Waals surface area contributed by atoms with Gasteiger partial charge in [-0.05, 0) is 54.6 Å². The van der Waals surface area contributed by atoms with Crippen molar-refractivity contribution in [1.29, 1.82) is 0 Å². The molecule has 1 aromatic heterocycles. The van der Waals surface area contributed by atoms with Gasteiger partial charge in [-0.1, -0.05) is 0 Å². The average Bonchev–Trinajstić information content (AvgIpc) is 2.79. The molecule has 2 heterocycles. The van der Waals surface area contributed by atoms with Gasteiger partial charge in [-0.15, -0.1) is 0 Å². The Kier molecular flexibility index (Phi) is 3.48. The Morgan fingerprint density at radius 2 is 2.47 bits per heavy atom. The van der Waals surface area contributed by atoms with E-state index in [-0.39, 0.29) is 10.8 Å². The molecule has 15 heavy (non-hydrogen) atoms. The van der Waals surface area contributed by atoms with Gasteiger partial charge in [-0.3, -0.25) is 0 Å². The van der Waals surface area contributed by atoms with Gasteiger partial charge in [0, 0.05) is 4.75 Å². The summed E-state index contributed by atoms with van der Waals surface area (Å²) in [7, 11) is 2.00. The van der Waals surface area contributed by atoms with Gasteiger partial charge in [0.15, 0.2) is 0 Å². The van der Waals surface area contributed by atoms with Gasteiger partial charge in [0.25, 0.3) is 0 Å². The van der Waals surface area contributed by atoms with Crippen molar-refractivity contribution in [1.82, 2.24) is 5.32 Å². The number of furan rings is 1. The number of thioether (sulfide) groups is 1. The molecule has 1 aromatic rings. The van der Waals surface area contributed by atoms with E-state index in [4.69, 9.17) is 4.42 Å². The van der Waals surface area contributed by atoms with Crippen molar-refractivity contribution in [2.24, 2.45) is 0 Å². The van der Waals surface area contributed by atoms with Crippen molar-refractivity contribution < 1.29 is 4.42 Å². The zero-order valence-electron chi connectivity index (χ0n) is 9.05. The molecular formula is C11H16BrNOS. The summed E-state index contributed by atoms with van der Waals surface area (Å²) in [4.78, 5) is 0. The molecule has 0 aliphatic carbocycles. The fourth-order valence-corrected chi connectivity index (χ4v) is 4.12. The molecule has 0 bridgehead atoms. The first kappa shape index (κ1) is 11.6. The molecule has 2 nitrogen and oxygen atoms in total.